The smallest absolute Gasteiger partial charge is 0.123 e. The molecule has 0 saturated carbocycles. The predicted molar refractivity (Wildman–Crippen MR) is 156 cm³/mol. The van der Waals surface area contributed by atoms with E-state index in [1.807, 2.05) is 31.2 Å². The van der Waals surface area contributed by atoms with Gasteiger partial charge in [0.1, 0.15) is 5.84 Å². The molecule has 2 nitrogen and oxygen atoms in total. The Bertz CT molecular complexity index is 1400. The number of allylic oxidation sites excluding steroid dienone is 5. The Labute approximate surface area is 218 Å². The fraction of sp³-hybridized carbons (Fsp3) is 0.0606. The van der Waals surface area contributed by atoms with Crippen LogP contribution in [0.2, 0.25) is 0 Å². The Morgan fingerprint density at radius 3 is 2.22 bits per heavy atom. The van der Waals surface area contributed by atoms with Crippen LogP contribution >= 0.6 is 11.8 Å². The van der Waals surface area contributed by atoms with E-state index in [9.17, 15) is 0 Å². The number of hydrogen-bond acceptors (Lipinski definition) is 2. The Hall–Kier alpha value is -4.08. The summed E-state index contributed by atoms with van der Waals surface area (Å²) in [4.78, 5) is 2.25. The molecule has 0 atom stereocenters. The van der Waals surface area contributed by atoms with E-state index in [-0.39, 0.29) is 5.84 Å². The van der Waals surface area contributed by atoms with Crippen LogP contribution in [0, 0.1) is 12.3 Å². The Morgan fingerprint density at radius 2 is 1.56 bits per heavy atom. The van der Waals surface area contributed by atoms with E-state index in [2.05, 4.69) is 104 Å². The maximum absolute atomic E-state index is 7.76. The highest BCUT2D eigenvalue weighted by Crippen LogP contribution is 2.32. The zero-order valence-electron chi connectivity index (χ0n) is 20.4. The van der Waals surface area contributed by atoms with E-state index in [1.165, 1.54) is 16.7 Å². The molecule has 0 spiro atoms. The standard InChI is InChI=1S/C33H30N2S/c1-3-26(11-8-7-10-25-16-18-29(19-17-25)27-12-5-4-6-13-27)28-20-22-30(23-21-28)36-32-15-9-14-31(24(32)2)33(34)35/h3-9,11-23H,1,10H2,2H3,(H3,34,35)/b8-7-,26-11+. The fourth-order valence-corrected chi connectivity index (χ4v) is 4.92. The van der Waals surface area contributed by atoms with Crippen molar-refractivity contribution in [2.24, 2.45) is 5.73 Å². The van der Waals surface area contributed by atoms with Gasteiger partial charge in [0.15, 0.2) is 0 Å². The minimum atomic E-state index is 0.100. The number of benzene rings is 4. The molecule has 0 aromatic heterocycles. The zero-order valence-corrected chi connectivity index (χ0v) is 21.3. The highest BCUT2D eigenvalue weighted by atomic mass is 32.2. The molecular formula is C33H30N2S. The first-order valence-electron chi connectivity index (χ1n) is 11.9. The number of nitrogen functional groups attached to an aromatic ring is 1. The lowest BCUT2D eigenvalue weighted by molar-refractivity contribution is 1.26. The minimum Gasteiger partial charge on any atom is -0.384 e. The molecule has 0 aliphatic carbocycles. The number of amidine groups is 1. The van der Waals surface area contributed by atoms with Crippen LogP contribution in [-0.4, -0.2) is 5.84 Å². The summed E-state index contributed by atoms with van der Waals surface area (Å²) in [5, 5.41) is 7.76. The molecular weight excluding hydrogens is 456 g/mol. The molecule has 36 heavy (non-hydrogen) atoms. The van der Waals surface area contributed by atoms with Gasteiger partial charge in [-0.15, -0.1) is 0 Å². The van der Waals surface area contributed by atoms with Crippen LogP contribution < -0.4 is 5.73 Å². The molecule has 3 heteroatoms. The van der Waals surface area contributed by atoms with E-state index >= 15 is 0 Å². The first-order chi connectivity index (χ1) is 17.5. The largest absolute Gasteiger partial charge is 0.384 e. The summed E-state index contributed by atoms with van der Waals surface area (Å²) in [5.74, 6) is 0.100. The van der Waals surface area contributed by atoms with Crippen LogP contribution in [0.25, 0.3) is 16.7 Å². The fourth-order valence-electron chi connectivity index (χ4n) is 3.98. The molecule has 4 aromatic carbocycles. The second-order valence-corrected chi connectivity index (χ2v) is 9.61. The van der Waals surface area contributed by atoms with Crippen molar-refractivity contribution in [3.05, 3.63) is 150 Å². The summed E-state index contributed by atoms with van der Waals surface area (Å²) in [6.45, 7) is 6.01. The summed E-state index contributed by atoms with van der Waals surface area (Å²) in [5.41, 5.74) is 13.5. The van der Waals surface area contributed by atoms with Crippen LogP contribution in [-0.2, 0) is 6.42 Å². The number of hydrogen-bond donors (Lipinski definition) is 2. The molecule has 0 bridgehead atoms. The average molecular weight is 487 g/mol. The number of rotatable bonds is 9. The molecule has 0 saturated heterocycles. The predicted octanol–water partition coefficient (Wildman–Crippen LogP) is 8.47. The third kappa shape index (κ3) is 6.32. The molecule has 0 radical (unpaired) electrons. The average Bonchev–Trinajstić information content (AvgIpc) is 2.91. The lowest BCUT2D eigenvalue weighted by Gasteiger charge is -2.10. The molecule has 0 unspecified atom stereocenters. The Balaban J connectivity index is 1.39. The van der Waals surface area contributed by atoms with Crippen molar-refractivity contribution in [3.63, 3.8) is 0 Å². The van der Waals surface area contributed by atoms with Crippen molar-refractivity contribution in [3.8, 4) is 11.1 Å². The normalized spacial score (nSPS) is 11.5. The summed E-state index contributed by atoms with van der Waals surface area (Å²) >= 11 is 1.68. The second kappa shape index (κ2) is 12.1. The van der Waals surface area contributed by atoms with Gasteiger partial charge in [0.05, 0.1) is 0 Å². The SMILES string of the molecule is C=C/C(=C\C=C/Cc1ccc(-c2ccccc2)cc1)c1ccc(Sc2cccc(C(=N)N)c2C)cc1. The lowest BCUT2D eigenvalue weighted by atomic mass is 10.0. The van der Waals surface area contributed by atoms with Gasteiger partial charge in [0.2, 0.25) is 0 Å². The quantitative estimate of drug-likeness (QED) is 0.142. The Kier molecular flexibility index (Phi) is 8.38. The van der Waals surface area contributed by atoms with Crippen molar-refractivity contribution < 1.29 is 0 Å². The van der Waals surface area contributed by atoms with Crippen LogP contribution in [0.4, 0.5) is 0 Å². The second-order valence-electron chi connectivity index (χ2n) is 8.49. The summed E-state index contributed by atoms with van der Waals surface area (Å²) in [6.07, 6.45) is 9.15. The third-order valence-corrected chi connectivity index (χ3v) is 7.21. The van der Waals surface area contributed by atoms with E-state index in [0.29, 0.717) is 0 Å². The topological polar surface area (TPSA) is 49.9 Å². The van der Waals surface area contributed by atoms with Crippen LogP contribution in [0.5, 0.6) is 0 Å². The molecule has 4 rings (SSSR count). The zero-order chi connectivity index (χ0) is 25.3. The van der Waals surface area contributed by atoms with Crippen molar-refractivity contribution in [2.75, 3.05) is 0 Å². The van der Waals surface area contributed by atoms with Gasteiger partial charge in [-0.3, -0.25) is 5.41 Å². The van der Waals surface area contributed by atoms with Gasteiger partial charge in [-0.2, -0.15) is 0 Å². The molecule has 0 aliphatic rings. The van der Waals surface area contributed by atoms with Gasteiger partial charge in [-0.05, 0) is 64.9 Å². The monoisotopic (exact) mass is 486 g/mol. The molecule has 0 fully saturated rings. The van der Waals surface area contributed by atoms with E-state index in [1.54, 1.807) is 11.8 Å². The van der Waals surface area contributed by atoms with E-state index < -0.39 is 0 Å². The summed E-state index contributed by atoms with van der Waals surface area (Å²) in [6, 6.07) is 33.6. The van der Waals surface area contributed by atoms with E-state index in [0.717, 1.165) is 38.5 Å². The van der Waals surface area contributed by atoms with Crippen molar-refractivity contribution in [1.82, 2.24) is 0 Å². The molecule has 178 valence electrons. The number of nitrogens with two attached hydrogens (primary N) is 1. The van der Waals surface area contributed by atoms with Gasteiger partial charge in [-0.1, -0.05) is 122 Å². The van der Waals surface area contributed by atoms with Crippen LogP contribution in [0.3, 0.4) is 0 Å². The van der Waals surface area contributed by atoms with Gasteiger partial charge in [-0.25, -0.2) is 0 Å². The van der Waals surface area contributed by atoms with Gasteiger partial charge in [0, 0.05) is 15.4 Å². The van der Waals surface area contributed by atoms with Crippen molar-refractivity contribution in [2.45, 2.75) is 23.1 Å². The van der Waals surface area contributed by atoms with Crippen LogP contribution in [0.1, 0.15) is 22.3 Å². The third-order valence-electron chi connectivity index (χ3n) is 6.04. The van der Waals surface area contributed by atoms with E-state index in [4.69, 9.17) is 11.1 Å². The summed E-state index contributed by atoms with van der Waals surface area (Å²) < 4.78 is 0. The number of nitrogens with one attached hydrogen (secondary N) is 1. The maximum atomic E-state index is 7.76. The van der Waals surface area contributed by atoms with Crippen LogP contribution in [0.15, 0.2) is 138 Å². The molecule has 0 amide bonds. The summed E-state index contributed by atoms with van der Waals surface area (Å²) in [7, 11) is 0. The lowest BCUT2D eigenvalue weighted by Crippen LogP contribution is -2.12. The first-order valence-corrected chi connectivity index (χ1v) is 12.7. The van der Waals surface area contributed by atoms with Crippen molar-refractivity contribution >= 4 is 23.2 Å². The van der Waals surface area contributed by atoms with Gasteiger partial charge in [0.25, 0.3) is 0 Å². The Morgan fingerprint density at radius 1 is 0.861 bits per heavy atom. The highest BCUT2D eigenvalue weighted by Gasteiger charge is 2.08. The van der Waals surface area contributed by atoms with Gasteiger partial charge >= 0.3 is 0 Å². The molecule has 3 N–H and O–H groups in total. The highest BCUT2D eigenvalue weighted by molar-refractivity contribution is 7.99. The minimum absolute atomic E-state index is 0.100. The van der Waals surface area contributed by atoms with Gasteiger partial charge < -0.3 is 5.73 Å². The molecule has 0 heterocycles. The van der Waals surface area contributed by atoms with Crippen molar-refractivity contribution in [1.29, 1.82) is 5.41 Å². The first kappa shape index (κ1) is 25.0. The molecule has 4 aromatic rings. The maximum Gasteiger partial charge on any atom is 0.123 e. The molecule has 0 aliphatic heterocycles.